The quantitative estimate of drug-likeness (QED) is 0.366. The lowest BCUT2D eigenvalue weighted by molar-refractivity contribution is -0.137. The van der Waals surface area contributed by atoms with Crippen LogP contribution in [0.5, 0.6) is 0 Å². The van der Waals surface area contributed by atoms with E-state index < -0.39 is 11.7 Å². The Hall–Kier alpha value is -1.81. The summed E-state index contributed by atoms with van der Waals surface area (Å²) in [6.45, 7) is 0.818. The molecule has 2 aromatic rings. The molecule has 2 rings (SSSR count). The number of anilines is 1. The molecule has 0 fully saturated rings. The van der Waals surface area contributed by atoms with Crippen molar-refractivity contribution in [3.63, 3.8) is 0 Å². The molecule has 0 aliphatic carbocycles. The van der Waals surface area contributed by atoms with Crippen LogP contribution in [0.2, 0.25) is 0 Å². The highest BCUT2D eigenvalue weighted by molar-refractivity contribution is 14.0. The van der Waals surface area contributed by atoms with Gasteiger partial charge in [0.1, 0.15) is 0 Å². The number of nitrogens with zero attached hydrogens (tertiary/aromatic N) is 1. The number of halogens is 4. The molecule has 8 heteroatoms. The van der Waals surface area contributed by atoms with Gasteiger partial charge in [-0.25, -0.2) is 0 Å². The van der Waals surface area contributed by atoms with E-state index in [9.17, 15) is 13.2 Å². The Labute approximate surface area is 167 Å². The molecule has 26 heavy (non-hydrogen) atoms. The molecule has 3 N–H and O–H groups in total. The minimum Gasteiger partial charge on any atom is -0.380 e. The summed E-state index contributed by atoms with van der Waals surface area (Å²) in [5, 5.41) is 3.01. The molecule has 4 nitrogen and oxygen atoms in total. The molecule has 142 valence electrons. The Morgan fingerprint density at radius 2 is 1.77 bits per heavy atom. The number of nitrogens with one attached hydrogen (secondary N) is 1. The lowest BCUT2D eigenvalue weighted by Gasteiger charge is -2.11. The van der Waals surface area contributed by atoms with E-state index in [1.807, 2.05) is 24.3 Å². The molecule has 0 aromatic heterocycles. The number of hydrogen-bond acceptors (Lipinski definition) is 2. The summed E-state index contributed by atoms with van der Waals surface area (Å²) < 4.78 is 42.7. The zero-order chi connectivity index (χ0) is 18.3. The van der Waals surface area contributed by atoms with Crippen LogP contribution >= 0.6 is 24.0 Å². The van der Waals surface area contributed by atoms with Crippen LogP contribution in [0.15, 0.2) is 53.5 Å². The third-order valence-corrected chi connectivity index (χ3v) is 3.54. The lowest BCUT2D eigenvalue weighted by Crippen LogP contribution is -2.23. The van der Waals surface area contributed by atoms with Crippen molar-refractivity contribution in [2.24, 2.45) is 10.7 Å². The fourth-order valence-corrected chi connectivity index (χ4v) is 2.27. The monoisotopic (exact) mass is 479 g/mol. The van der Waals surface area contributed by atoms with E-state index in [4.69, 9.17) is 10.5 Å². The number of rotatable bonds is 6. The largest absolute Gasteiger partial charge is 0.416 e. The van der Waals surface area contributed by atoms with Crippen molar-refractivity contribution in [1.29, 1.82) is 0 Å². The number of hydrogen-bond donors (Lipinski definition) is 2. The van der Waals surface area contributed by atoms with Crippen molar-refractivity contribution in [1.82, 2.24) is 0 Å². The van der Waals surface area contributed by atoms with Gasteiger partial charge in [-0.15, -0.1) is 24.0 Å². The minimum absolute atomic E-state index is 0. The summed E-state index contributed by atoms with van der Waals surface area (Å²) >= 11 is 0. The lowest BCUT2D eigenvalue weighted by atomic mass is 10.1. The summed E-state index contributed by atoms with van der Waals surface area (Å²) in [7, 11) is 1.61. The van der Waals surface area contributed by atoms with E-state index >= 15 is 0 Å². The fourth-order valence-electron chi connectivity index (χ4n) is 2.27. The highest BCUT2D eigenvalue weighted by Crippen LogP contribution is 2.29. The summed E-state index contributed by atoms with van der Waals surface area (Å²) in [4.78, 5) is 4.21. The van der Waals surface area contributed by atoms with Crippen LogP contribution in [0.1, 0.15) is 16.7 Å². The summed E-state index contributed by atoms with van der Waals surface area (Å²) in [6, 6.07) is 12.6. The van der Waals surface area contributed by atoms with Crippen LogP contribution in [0.4, 0.5) is 18.9 Å². The van der Waals surface area contributed by atoms with Gasteiger partial charge in [-0.05, 0) is 30.2 Å². The number of ether oxygens (including phenoxy) is 1. The van der Waals surface area contributed by atoms with Crippen LogP contribution in [0.25, 0.3) is 0 Å². The highest BCUT2D eigenvalue weighted by Gasteiger charge is 2.29. The van der Waals surface area contributed by atoms with Gasteiger partial charge in [-0.3, -0.25) is 4.99 Å². The van der Waals surface area contributed by atoms with E-state index in [2.05, 4.69) is 10.3 Å². The standard InChI is InChI=1S/C18H20F3N3O.HI/c1-25-12-14-4-2-3-5-16(14)24-17(22)23-11-10-13-6-8-15(9-7-13)18(19,20)21;/h2-9H,10-12H2,1H3,(H3,22,23,24);1H. The molecule has 0 atom stereocenters. The average molecular weight is 479 g/mol. The van der Waals surface area contributed by atoms with E-state index in [0.717, 1.165) is 28.9 Å². The van der Waals surface area contributed by atoms with Gasteiger partial charge >= 0.3 is 6.18 Å². The third-order valence-electron chi connectivity index (χ3n) is 3.54. The van der Waals surface area contributed by atoms with Gasteiger partial charge in [-0.1, -0.05) is 30.3 Å². The van der Waals surface area contributed by atoms with Gasteiger partial charge in [0, 0.05) is 24.9 Å². The maximum atomic E-state index is 12.5. The van der Waals surface area contributed by atoms with E-state index in [-0.39, 0.29) is 29.9 Å². The number of aliphatic imine (C=N–C) groups is 1. The predicted molar refractivity (Wildman–Crippen MR) is 108 cm³/mol. The van der Waals surface area contributed by atoms with Gasteiger partial charge in [0.15, 0.2) is 5.96 Å². The minimum atomic E-state index is -4.32. The Bertz CT molecular complexity index is 718. The van der Waals surface area contributed by atoms with Crippen LogP contribution in [0.3, 0.4) is 0 Å². The second kappa shape index (κ2) is 10.4. The fraction of sp³-hybridized carbons (Fsp3) is 0.278. The molecule has 0 saturated heterocycles. The van der Waals surface area contributed by atoms with Gasteiger partial charge in [0.05, 0.1) is 12.2 Å². The van der Waals surface area contributed by atoms with Crippen molar-refractivity contribution < 1.29 is 17.9 Å². The molecule has 0 radical (unpaired) electrons. The van der Waals surface area contributed by atoms with Gasteiger partial charge in [-0.2, -0.15) is 13.2 Å². The number of benzene rings is 2. The third kappa shape index (κ3) is 6.83. The Morgan fingerprint density at radius 3 is 2.38 bits per heavy atom. The van der Waals surface area contributed by atoms with E-state index in [0.29, 0.717) is 19.6 Å². The first-order valence-corrected chi connectivity index (χ1v) is 7.70. The van der Waals surface area contributed by atoms with Gasteiger partial charge in [0.25, 0.3) is 0 Å². The number of nitrogens with two attached hydrogens (primary N) is 1. The molecule has 0 unspecified atom stereocenters. The van der Waals surface area contributed by atoms with Gasteiger partial charge in [0.2, 0.25) is 0 Å². The zero-order valence-electron chi connectivity index (χ0n) is 14.2. The van der Waals surface area contributed by atoms with Crippen molar-refractivity contribution >= 4 is 35.6 Å². The topological polar surface area (TPSA) is 59.6 Å². The maximum absolute atomic E-state index is 12.5. The molecule has 0 amide bonds. The molecular formula is C18H21F3IN3O. The van der Waals surface area contributed by atoms with Crippen LogP contribution < -0.4 is 11.1 Å². The number of methoxy groups -OCH3 is 1. The van der Waals surface area contributed by atoms with Crippen molar-refractivity contribution in [3.05, 3.63) is 65.2 Å². The molecule has 0 heterocycles. The number of guanidine groups is 1. The molecule has 0 aliphatic heterocycles. The first kappa shape index (κ1) is 22.2. The summed E-state index contributed by atoms with van der Waals surface area (Å²) in [5.74, 6) is 0.246. The number of para-hydroxylation sites is 1. The van der Waals surface area contributed by atoms with Crippen LogP contribution in [0, 0.1) is 0 Å². The molecule has 0 aliphatic rings. The van der Waals surface area contributed by atoms with E-state index in [1.54, 1.807) is 7.11 Å². The maximum Gasteiger partial charge on any atom is 0.416 e. The summed E-state index contributed by atoms with van der Waals surface area (Å²) in [6.07, 6.45) is -3.82. The predicted octanol–water partition coefficient (Wildman–Crippen LogP) is 4.44. The molecule has 0 spiro atoms. The Kier molecular flexibility index (Phi) is 8.86. The Balaban J connectivity index is 0.00000338. The van der Waals surface area contributed by atoms with Crippen molar-refractivity contribution in [3.8, 4) is 0 Å². The first-order chi connectivity index (χ1) is 11.9. The SMILES string of the molecule is COCc1ccccc1NC(N)=NCCc1ccc(C(F)(F)F)cc1.I. The summed E-state index contributed by atoms with van der Waals surface area (Å²) in [5.41, 5.74) is 7.73. The molecular weight excluding hydrogens is 458 g/mol. The van der Waals surface area contributed by atoms with Crippen molar-refractivity contribution in [2.45, 2.75) is 19.2 Å². The molecule has 2 aromatic carbocycles. The van der Waals surface area contributed by atoms with E-state index in [1.165, 1.54) is 12.1 Å². The highest BCUT2D eigenvalue weighted by atomic mass is 127. The smallest absolute Gasteiger partial charge is 0.380 e. The number of alkyl halides is 3. The van der Waals surface area contributed by atoms with Crippen LogP contribution in [-0.2, 0) is 23.9 Å². The van der Waals surface area contributed by atoms with Crippen molar-refractivity contribution in [2.75, 3.05) is 19.0 Å². The second-order valence-electron chi connectivity index (χ2n) is 5.43. The molecule has 0 saturated carbocycles. The Morgan fingerprint density at radius 1 is 1.12 bits per heavy atom. The average Bonchev–Trinajstić information content (AvgIpc) is 2.56. The van der Waals surface area contributed by atoms with Crippen LogP contribution in [-0.4, -0.2) is 19.6 Å². The second-order valence-corrected chi connectivity index (χ2v) is 5.43. The zero-order valence-corrected chi connectivity index (χ0v) is 16.5. The first-order valence-electron chi connectivity index (χ1n) is 7.70. The molecule has 0 bridgehead atoms. The normalized spacial score (nSPS) is 11.8. The van der Waals surface area contributed by atoms with Gasteiger partial charge < -0.3 is 15.8 Å².